The van der Waals surface area contributed by atoms with Crippen LogP contribution in [0, 0.1) is 12.8 Å². The Morgan fingerprint density at radius 2 is 1.71 bits per heavy atom. The summed E-state index contributed by atoms with van der Waals surface area (Å²) >= 11 is 0. The molecule has 0 bridgehead atoms. The highest BCUT2D eigenvalue weighted by atomic mass is 16.6. The number of carbonyl (C=O) groups excluding carboxylic acids is 1. The summed E-state index contributed by atoms with van der Waals surface area (Å²) in [5.41, 5.74) is 5.92. The fourth-order valence-electron chi connectivity index (χ4n) is 3.80. The van der Waals surface area contributed by atoms with Gasteiger partial charge in [-0.1, -0.05) is 55.8 Å². The number of aromatic carboxylic acids is 1. The Morgan fingerprint density at radius 3 is 2.31 bits per heavy atom. The maximum absolute atomic E-state index is 12.4. The van der Waals surface area contributed by atoms with E-state index in [2.05, 4.69) is 31.3 Å². The van der Waals surface area contributed by atoms with Gasteiger partial charge in [0.05, 0.1) is 11.3 Å². The molecule has 1 aromatic heterocycles. The molecule has 184 valence electrons. The van der Waals surface area contributed by atoms with Crippen LogP contribution in [0.1, 0.15) is 61.8 Å². The Bertz CT molecular complexity index is 1210. The summed E-state index contributed by atoms with van der Waals surface area (Å²) in [6.45, 7) is 12.0. The number of rotatable bonds is 7. The minimum atomic E-state index is -0.980. The summed E-state index contributed by atoms with van der Waals surface area (Å²) in [4.78, 5) is 28.9. The van der Waals surface area contributed by atoms with Gasteiger partial charge >= 0.3 is 12.1 Å². The first-order valence-electron chi connectivity index (χ1n) is 11.8. The van der Waals surface area contributed by atoms with Crippen LogP contribution in [0.2, 0.25) is 0 Å². The smallest absolute Gasteiger partial charge is 0.407 e. The number of alkyl carbamates (subject to hydrolysis) is 1. The van der Waals surface area contributed by atoms with E-state index in [9.17, 15) is 14.7 Å². The van der Waals surface area contributed by atoms with Gasteiger partial charge < -0.3 is 15.2 Å². The topological polar surface area (TPSA) is 88.5 Å². The van der Waals surface area contributed by atoms with E-state index in [-0.39, 0.29) is 12.1 Å². The fourth-order valence-corrected chi connectivity index (χ4v) is 3.80. The average molecular weight is 475 g/mol. The number of nitrogens with zero attached hydrogens (tertiary/aromatic N) is 1. The molecule has 6 nitrogen and oxygen atoms in total. The molecule has 0 unspecified atom stereocenters. The summed E-state index contributed by atoms with van der Waals surface area (Å²) in [5.74, 6) is -0.652. The van der Waals surface area contributed by atoms with Crippen LogP contribution in [-0.2, 0) is 17.7 Å². The molecule has 3 aromatic rings. The van der Waals surface area contributed by atoms with Gasteiger partial charge in [0.1, 0.15) is 5.60 Å². The zero-order chi connectivity index (χ0) is 25.8. The monoisotopic (exact) mass is 474 g/mol. The molecule has 0 aliphatic rings. The SMILES string of the molecule is Cc1ccc(-c2cc(-c3cccc(C(=O)O)c3)nc(CC(C)C)c2CNC(=O)OC(C)(C)C)cc1. The van der Waals surface area contributed by atoms with Crippen molar-refractivity contribution in [2.75, 3.05) is 0 Å². The predicted molar refractivity (Wildman–Crippen MR) is 138 cm³/mol. The number of ether oxygens (including phenoxy) is 1. The lowest BCUT2D eigenvalue weighted by atomic mass is 9.92. The summed E-state index contributed by atoms with van der Waals surface area (Å²) in [7, 11) is 0. The third-order valence-electron chi connectivity index (χ3n) is 5.39. The van der Waals surface area contributed by atoms with E-state index in [0.717, 1.165) is 33.5 Å². The molecule has 0 saturated heterocycles. The maximum Gasteiger partial charge on any atom is 0.407 e. The minimum Gasteiger partial charge on any atom is -0.478 e. The zero-order valence-electron chi connectivity index (χ0n) is 21.3. The van der Waals surface area contributed by atoms with E-state index in [0.29, 0.717) is 18.0 Å². The summed E-state index contributed by atoms with van der Waals surface area (Å²) in [6, 6.07) is 17.0. The lowest BCUT2D eigenvalue weighted by Gasteiger charge is -2.22. The lowest BCUT2D eigenvalue weighted by molar-refractivity contribution is 0.0523. The summed E-state index contributed by atoms with van der Waals surface area (Å²) in [5, 5.41) is 12.4. The van der Waals surface area contributed by atoms with Crippen molar-refractivity contribution >= 4 is 12.1 Å². The van der Waals surface area contributed by atoms with Crippen molar-refractivity contribution in [2.45, 2.75) is 60.1 Å². The van der Waals surface area contributed by atoms with Gasteiger partial charge in [0.25, 0.3) is 0 Å². The van der Waals surface area contributed by atoms with Crippen LogP contribution in [0.5, 0.6) is 0 Å². The number of pyridine rings is 1. The van der Waals surface area contributed by atoms with Crippen molar-refractivity contribution < 1.29 is 19.4 Å². The number of amides is 1. The lowest BCUT2D eigenvalue weighted by Crippen LogP contribution is -2.32. The molecule has 0 atom stereocenters. The third-order valence-corrected chi connectivity index (χ3v) is 5.39. The van der Waals surface area contributed by atoms with Gasteiger partial charge in [0, 0.05) is 23.4 Å². The van der Waals surface area contributed by atoms with Crippen molar-refractivity contribution in [1.82, 2.24) is 10.3 Å². The van der Waals surface area contributed by atoms with Gasteiger partial charge in [0.15, 0.2) is 0 Å². The van der Waals surface area contributed by atoms with Crippen LogP contribution in [0.15, 0.2) is 54.6 Å². The number of carboxylic acid groups (broad SMARTS) is 1. The van der Waals surface area contributed by atoms with E-state index in [1.807, 2.05) is 52.0 Å². The molecule has 35 heavy (non-hydrogen) atoms. The van der Waals surface area contributed by atoms with Crippen LogP contribution in [0.25, 0.3) is 22.4 Å². The van der Waals surface area contributed by atoms with Crippen molar-refractivity contribution in [3.05, 3.63) is 77.0 Å². The first-order valence-corrected chi connectivity index (χ1v) is 11.8. The Balaban J connectivity index is 2.15. The molecular formula is C29H34N2O4. The molecule has 0 radical (unpaired) electrons. The van der Waals surface area contributed by atoms with Gasteiger partial charge in [-0.15, -0.1) is 0 Å². The van der Waals surface area contributed by atoms with Crippen molar-refractivity contribution in [3.63, 3.8) is 0 Å². The number of nitrogens with one attached hydrogen (secondary N) is 1. The summed E-state index contributed by atoms with van der Waals surface area (Å²) in [6.07, 6.45) is 0.220. The van der Waals surface area contributed by atoms with Crippen LogP contribution in [-0.4, -0.2) is 27.8 Å². The first-order chi connectivity index (χ1) is 16.4. The van der Waals surface area contributed by atoms with Crippen LogP contribution in [0.3, 0.4) is 0 Å². The Hall–Kier alpha value is -3.67. The van der Waals surface area contributed by atoms with Crippen LogP contribution < -0.4 is 5.32 Å². The van der Waals surface area contributed by atoms with Crippen molar-refractivity contribution in [1.29, 1.82) is 0 Å². The number of hydrogen-bond donors (Lipinski definition) is 2. The Morgan fingerprint density at radius 1 is 1.03 bits per heavy atom. The highest BCUT2D eigenvalue weighted by molar-refractivity contribution is 5.89. The molecule has 0 saturated carbocycles. The minimum absolute atomic E-state index is 0.210. The quantitative estimate of drug-likeness (QED) is 0.400. The van der Waals surface area contributed by atoms with E-state index in [4.69, 9.17) is 9.72 Å². The standard InChI is InChI=1S/C29H34N2O4/c1-18(2)14-26-24(17-30-28(34)35-29(4,5)6)23(20-12-10-19(3)11-13-20)16-25(31-26)21-8-7-9-22(15-21)27(32)33/h7-13,15-16,18H,14,17H2,1-6H3,(H,30,34)(H,32,33). The highest BCUT2D eigenvalue weighted by Gasteiger charge is 2.20. The van der Waals surface area contributed by atoms with E-state index in [1.54, 1.807) is 18.2 Å². The molecule has 1 heterocycles. The molecule has 1 amide bonds. The molecule has 0 aliphatic carbocycles. The molecule has 0 aliphatic heterocycles. The Kier molecular flexibility index (Phi) is 7.95. The van der Waals surface area contributed by atoms with Crippen LogP contribution >= 0.6 is 0 Å². The van der Waals surface area contributed by atoms with E-state index in [1.165, 1.54) is 0 Å². The zero-order valence-corrected chi connectivity index (χ0v) is 21.3. The number of aromatic nitrogens is 1. The van der Waals surface area contributed by atoms with Crippen molar-refractivity contribution in [2.24, 2.45) is 5.92 Å². The molecule has 3 rings (SSSR count). The second kappa shape index (κ2) is 10.7. The molecule has 0 spiro atoms. The van der Waals surface area contributed by atoms with E-state index >= 15 is 0 Å². The molecule has 6 heteroatoms. The van der Waals surface area contributed by atoms with Gasteiger partial charge in [-0.3, -0.25) is 4.98 Å². The van der Waals surface area contributed by atoms with Gasteiger partial charge in [-0.25, -0.2) is 9.59 Å². The number of hydrogen-bond acceptors (Lipinski definition) is 4. The molecular weight excluding hydrogens is 440 g/mol. The molecule has 0 fully saturated rings. The number of carbonyl (C=O) groups is 2. The first kappa shape index (κ1) is 25.9. The van der Waals surface area contributed by atoms with Gasteiger partial charge in [-0.05, 0) is 69.4 Å². The average Bonchev–Trinajstić information content (AvgIpc) is 2.77. The molecule has 2 aromatic carbocycles. The fraction of sp³-hybridized carbons (Fsp3) is 0.345. The maximum atomic E-state index is 12.4. The second-order valence-corrected chi connectivity index (χ2v) is 10.2. The van der Waals surface area contributed by atoms with Crippen molar-refractivity contribution in [3.8, 4) is 22.4 Å². The number of benzene rings is 2. The van der Waals surface area contributed by atoms with E-state index < -0.39 is 17.7 Å². The third kappa shape index (κ3) is 7.15. The largest absolute Gasteiger partial charge is 0.478 e. The van der Waals surface area contributed by atoms with Gasteiger partial charge in [0.2, 0.25) is 0 Å². The molecule has 2 N–H and O–H groups in total. The predicted octanol–water partition coefficient (Wildman–Crippen LogP) is 6.65. The van der Waals surface area contributed by atoms with Gasteiger partial charge in [-0.2, -0.15) is 0 Å². The number of aryl methyl sites for hydroxylation is 1. The summed E-state index contributed by atoms with van der Waals surface area (Å²) < 4.78 is 5.44. The van der Waals surface area contributed by atoms with Crippen LogP contribution in [0.4, 0.5) is 4.79 Å². The Labute approximate surface area is 207 Å². The number of carboxylic acids is 1. The highest BCUT2D eigenvalue weighted by Crippen LogP contribution is 2.32. The second-order valence-electron chi connectivity index (χ2n) is 10.2. The normalized spacial score (nSPS) is 11.4.